The Balaban J connectivity index is 2.09. The number of rotatable bonds is 4. The van der Waals surface area contributed by atoms with Crippen molar-refractivity contribution in [3.05, 3.63) is 74.3 Å². The molecular formula is C15H10Cl2N2O3. The highest BCUT2D eigenvalue weighted by molar-refractivity contribution is 6.34. The molecule has 0 bridgehead atoms. The Morgan fingerprint density at radius 2 is 1.86 bits per heavy atom. The number of hydrogen-bond acceptors (Lipinski definition) is 3. The first kappa shape index (κ1) is 16.0. The first-order valence-corrected chi connectivity index (χ1v) is 6.90. The molecule has 0 aliphatic heterocycles. The predicted octanol–water partition coefficient (Wildman–Crippen LogP) is 4.55. The lowest BCUT2D eigenvalue weighted by atomic mass is 10.2. The van der Waals surface area contributed by atoms with Crippen LogP contribution in [0.3, 0.4) is 0 Å². The molecule has 112 valence electrons. The summed E-state index contributed by atoms with van der Waals surface area (Å²) >= 11 is 11.9. The second-order valence-electron chi connectivity index (χ2n) is 4.27. The van der Waals surface area contributed by atoms with Crippen LogP contribution in [0.15, 0.2) is 48.5 Å². The van der Waals surface area contributed by atoms with E-state index in [0.717, 1.165) is 0 Å². The molecule has 0 aliphatic rings. The number of anilines is 1. The number of hydrogen-bond donors (Lipinski definition) is 1. The molecule has 2 aromatic carbocycles. The lowest BCUT2D eigenvalue weighted by Crippen LogP contribution is -2.08. The van der Waals surface area contributed by atoms with Gasteiger partial charge in [0.05, 0.1) is 15.6 Å². The Kier molecular flexibility index (Phi) is 5.14. The molecule has 2 aromatic rings. The molecule has 1 amide bonds. The second kappa shape index (κ2) is 7.06. The van der Waals surface area contributed by atoms with Gasteiger partial charge >= 0.3 is 0 Å². The molecule has 0 spiro atoms. The van der Waals surface area contributed by atoms with Crippen molar-refractivity contribution in [2.75, 3.05) is 5.32 Å². The van der Waals surface area contributed by atoms with Gasteiger partial charge in [-0.25, -0.2) is 0 Å². The zero-order valence-electron chi connectivity index (χ0n) is 11.1. The van der Waals surface area contributed by atoms with Crippen molar-refractivity contribution < 1.29 is 9.72 Å². The van der Waals surface area contributed by atoms with Crippen LogP contribution in [0.4, 0.5) is 11.4 Å². The highest BCUT2D eigenvalue weighted by Crippen LogP contribution is 2.26. The van der Waals surface area contributed by atoms with E-state index in [9.17, 15) is 14.9 Å². The van der Waals surface area contributed by atoms with Gasteiger partial charge in [-0.2, -0.15) is 0 Å². The van der Waals surface area contributed by atoms with Crippen LogP contribution in [0, 0.1) is 10.1 Å². The quantitative estimate of drug-likeness (QED) is 0.505. The zero-order valence-corrected chi connectivity index (χ0v) is 12.6. The summed E-state index contributed by atoms with van der Waals surface area (Å²) in [5.41, 5.74) is 0.852. The van der Waals surface area contributed by atoms with E-state index in [1.54, 1.807) is 30.3 Å². The normalized spacial score (nSPS) is 10.6. The molecule has 7 heteroatoms. The SMILES string of the molecule is O=C(/C=C/c1ccccc1Cl)Nc1ccc([N+](=O)[O-])cc1Cl. The standard InChI is InChI=1S/C15H10Cl2N2O3/c16-12-4-2-1-3-10(12)5-8-15(20)18-14-7-6-11(19(21)22)9-13(14)17/h1-9H,(H,18,20)/b8-5+. The fraction of sp³-hybridized carbons (Fsp3) is 0. The minimum atomic E-state index is -0.561. The molecule has 0 heterocycles. The topological polar surface area (TPSA) is 72.2 Å². The predicted molar refractivity (Wildman–Crippen MR) is 87.2 cm³/mol. The summed E-state index contributed by atoms with van der Waals surface area (Å²) in [6.45, 7) is 0. The van der Waals surface area contributed by atoms with Crippen molar-refractivity contribution in [2.24, 2.45) is 0 Å². The average Bonchev–Trinajstić information content (AvgIpc) is 2.48. The van der Waals surface area contributed by atoms with Gasteiger partial charge in [-0.05, 0) is 23.8 Å². The van der Waals surface area contributed by atoms with Gasteiger partial charge in [0, 0.05) is 23.2 Å². The average molecular weight is 337 g/mol. The van der Waals surface area contributed by atoms with E-state index in [0.29, 0.717) is 16.3 Å². The number of nitro benzene ring substituents is 1. The summed E-state index contributed by atoms with van der Waals surface area (Å²) in [5.74, 6) is -0.421. The minimum Gasteiger partial charge on any atom is -0.321 e. The van der Waals surface area contributed by atoms with Gasteiger partial charge < -0.3 is 5.32 Å². The molecule has 0 saturated carbocycles. The van der Waals surface area contributed by atoms with Crippen LogP contribution in [-0.2, 0) is 4.79 Å². The number of carbonyl (C=O) groups is 1. The minimum absolute atomic E-state index is 0.0914. The number of amides is 1. The van der Waals surface area contributed by atoms with Crippen LogP contribution in [-0.4, -0.2) is 10.8 Å². The molecule has 1 N–H and O–H groups in total. The van der Waals surface area contributed by atoms with E-state index in [1.807, 2.05) is 0 Å². The summed E-state index contributed by atoms with van der Waals surface area (Å²) in [5, 5.41) is 13.8. The number of nitrogens with one attached hydrogen (secondary N) is 1. The van der Waals surface area contributed by atoms with Crippen molar-refractivity contribution in [2.45, 2.75) is 0 Å². The first-order valence-electron chi connectivity index (χ1n) is 6.15. The maximum absolute atomic E-state index is 11.8. The van der Waals surface area contributed by atoms with E-state index in [-0.39, 0.29) is 10.7 Å². The molecule has 0 unspecified atom stereocenters. The molecule has 0 saturated heterocycles. The maximum atomic E-state index is 11.8. The van der Waals surface area contributed by atoms with Crippen molar-refractivity contribution in [3.8, 4) is 0 Å². The molecular weight excluding hydrogens is 327 g/mol. The number of nitrogens with zero attached hydrogens (tertiary/aromatic N) is 1. The van der Waals surface area contributed by atoms with Gasteiger partial charge in [0.2, 0.25) is 5.91 Å². The molecule has 5 nitrogen and oxygen atoms in total. The van der Waals surface area contributed by atoms with Crippen LogP contribution in [0.25, 0.3) is 6.08 Å². The van der Waals surface area contributed by atoms with Crippen molar-refractivity contribution in [1.82, 2.24) is 0 Å². The fourth-order valence-electron chi connectivity index (χ4n) is 1.67. The van der Waals surface area contributed by atoms with E-state index in [2.05, 4.69) is 5.32 Å². The van der Waals surface area contributed by atoms with Gasteiger partial charge in [0.1, 0.15) is 0 Å². The molecule has 0 aromatic heterocycles. The summed E-state index contributed by atoms with van der Waals surface area (Å²) in [6.07, 6.45) is 2.87. The van der Waals surface area contributed by atoms with Gasteiger partial charge in [0.25, 0.3) is 5.69 Å². The third-order valence-corrected chi connectivity index (χ3v) is 3.40. The Morgan fingerprint density at radius 3 is 2.50 bits per heavy atom. The van der Waals surface area contributed by atoms with Crippen LogP contribution in [0.2, 0.25) is 10.0 Å². The number of benzene rings is 2. The first-order chi connectivity index (χ1) is 10.5. The second-order valence-corrected chi connectivity index (χ2v) is 5.08. The van der Waals surface area contributed by atoms with Crippen molar-refractivity contribution >= 4 is 46.6 Å². The number of nitro groups is 1. The van der Waals surface area contributed by atoms with Gasteiger partial charge in [0.15, 0.2) is 0 Å². The largest absolute Gasteiger partial charge is 0.321 e. The number of non-ortho nitro benzene ring substituents is 1. The highest BCUT2D eigenvalue weighted by atomic mass is 35.5. The lowest BCUT2D eigenvalue weighted by Gasteiger charge is -2.04. The van der Waals surface area contributed by atoms with E-state index < -0.39 is 10.8 Å². The number of carbonyl (C=O) groups excluding carboxylic acids is 1. The third kappa shape index (κ3) is 4.07. The third-order valence-electron chi connectivity index (χ3n) is 2.74. The van der Waals surface area contributed by atoms with Crippen LogP contribution in [0.5, 0.6) is 0 Å². The molecule has 2 rings (SSSR count). The number of halogens is 2. The van der Waals surface area contributed by atoms with Crippen molar-refractivity contribution in [3.63, 3.8) is 0 Å². The molecule has 0 atom stereocenters. The summed E-state index contributed by atoms with van der Waals surface area (Å²) in [6, 6.07) is 10.9. The highest BCUT2D eigenvalue weighted by Gasteiger charge is 2.10. The lowest BCUT2D eigenvalue weighted by molar-refractivity contribution is -0.384. The Morgan fingerprint density at radius 1 is 1.14 bits per heavy atom. The van der Waals surface area contributed by atoms with Crippen LogP contribution in [0.1, 0.15) is 5.56 Å². The Labute approximate surface area is 136 Å². The summed E-state index contributed by atoms with van der Waals surface area (Å²) in [4.78, 5) is 21.9. The summed E-state index contributed by atoms with van der Waals surface area (Å²) in [7, 11) is 0. The summed E-state index contributed by atoms with van der Waals surface area (Å²) < 4.78 is 0. The zero-order chi connectivity index (χ0) is 16.1. The fourth-order valence-corrected chi connectivity index (χ4v) is 2.09. The molecule has 0 aliphatic carbocycles. The van der Waals surface area contributed by atoms with Gasteiger partial charge in [-0.15, -0.1) is 0 Å². The van der Waals surface area contributed by atoms with Crippen LogP contribution < -0.4 is 5.32 Å². The van der Waals surface area contributed by atoms with Gasteiger partial charge in [-0.1, -0.05) is 41.4 Å². The monoisotopic (exact) mass is 336 g/mol. The molecule has 0 radical (unpaired) electrons. The van der Waals surface area contributed by atoms with Gasteiger partial charge in [-0.3, -0.25) is 14.9 Å². The van der Waals surface area contributed by atoms with E-state index >= 15 is 0 Å². The Bertz CT molecular complexity index is 760. The maximum Gasteiger partial charge on any atom is 0.271 e. The van der Waals surface area contributed by atoms with E-state index in [4.69, 9.17) is 23.2 Å². The van der Waals surface area contributed by atoms with Crippen LogP contribution >= 0.6 is 23.2 Å². The van der Waals surface area contributed by atoms with E-state index in [1.165, 1.54) is 24.3 Å². The van der Waals surface area contributed by atoms with Crippen molar-refractivity contribution in [1.29, 1.82) is 0 Å². The molecule has 0 fully saturated rings. The smallest absolute Gasteiger partial charge is 0.271 e. The molecule has 22 heavy (non-hydrogen) atoms. The Hall–Kier alpha value is -2.37.